The maximum absolute atomic E-state index is 11.1. The zero-order valence-corrected chi connectivity index (χ0v) is 10.2. The third kappa shape index (κ3) is 3.63. The average Bonchev–Trinajstić information content (AvgIpc) is 2.37. The number of aliphatic hydroxyl groups excluding tert-OH is 1. The highest BCUT2D eigenvalue weighted by Gasteiger charge is 2.23. The number of carboxylic acid groups (broad SMARTS) is 1. The molecule has 0 radical (unpaired) electrons. The number of carbonyl (C=O) groups is 1. The first-order valence-corrected chi connectivity index (χ1v) is 5.38. The highest BCUT2D eigenvalue weighted by Crippen LogP contribution is 2.28. The van der Waals surface area contributed by atoms with Crippen molar-refractivity contribution >= 4 is 17.3 Å². The molecular weight excluding hydrogens is 256 g/mol. The quantitative estimate of drug-likeness (QED) is 0.492. The second kappa shape index (κ2) is 6.66. The van der Waals surface area contributed by atoms with Gasteiger partial charge in [-0.25, -0.2) is 4.79 Å². The molecule has 0 bridgehead atoms. The van der Waals surface area contributed by atoms with Crippen molar-refractivity contribution in [2.75, 3.05) is 25.6 Å². The molecule has 0 saturated heterocycles. The molecule has 104 valence electrons. The summed E-state index contributed by atoms with van der Waals surface area (Å²) in [7, 11) is 1.40. The van der Waals surface area contributed by atoms with Gasteiger partial charge in [-0.2, -0.15) is 0 Å². The van der Waals surface area contributed by atoms with Crippen LogP contribution in [0.25, 0.3) is 0 Å². The van der Waals surface area contributed by atoms with E-state index in [0.29, 0.717) is 0 Å². The van der Waals surface area contributed by atoms with Crippen molar-refractivity contribution in [2.45, 2.75) is 6.04 Å². The van der Waals surface area contributed by atoms with Gasteiger partial charge in [0.2, 0.25) is 0 Å². The van der Waals surface area contributed by atoms with Gasteiger partial charge in [-0.15, -0.1) is 0 Å². The fraction of sp³-hybridized carbons (Fsp3) is 0.364. The lowest BCUT2D eigenvalue weighted by atomic mass is 10.1. The smallest absolute Gasteiger partial charge is 0.338 e. The lowest BCUT2D eigenvalue weighted by Crippen LogP contribution is -2.30. The van der Waals surface area contributed by atoms with Crippen LogP contribution in [0.15, 0.2) is 18.2 Å². The number of nitro groups is 1. The van der Waals surface area contributed by atoms with Crippen LogP contribution in [0.1, 0.15) is 10.4 Å². The molecule has 0 fully saturated rings. The number of benzene rings is 1. The Hall–Kier alpha value is -2.19. The first kappa shape index (κ1) is 14.9. The molecule has 0 aromatic heterocycles. The second-order valence-electron chi connectivity index (χ2n) is 3.74. The number of aliphatic hydroxyl groups is 1. The summed E-state index contributed by atoms with van der Waals surface area (Å²) in [6.07, 6.45) is 0. The van der Waals surface area contributed by atoms with Crippen LogP contribution in [0.3, 0.4) is 0 Å². The SMILES string of the molecule is COCC(CO)Nc1c(C(=O)O)cccc1[N+](=O)[O-]. The molecule has 0 amide bonds. The van der Waals surface area contributed by atoms with Gasteiger partial charge in [0, 0.05) is 13.2 Å². The summed E-state index contributed by atoms with van der Waals surface area (Å²) in [5, 5.41) is 31.7. The number of aromatic carboxylic acids is 1. The summed E-state index contributed by atoms with van der Waals surface area (Å²) in [5.41, 5.74) is -0.741. The van der Waals surface area contributed by atoms with Crippen molar-refractivity contribution in [2.24, 2.45) is 0 Å². The summed E-state index contributed by atoms with van der Waals surface area (Å²) < 4.78 is 4.83. The molecule has 8 heteroatoms. The first-order chi connectivity index (χ1) is 9.01. The molecular formula is C11H14N2O6. The molecule has 0 aliphatic heterocycles. The molecule has 1 atom stereocenters. The van der Waals surface area contributed by atoms with E-state index in [9.17, 15) is 14.9 Å². The topological polar surface area (TPSA) is 122 Å². The van der Waals surface area contributed by atoms with Gasteiger partial charge < -0.3 is 20.3 Å². The lowest BCUT2D eigenvalue weighted by molar-refractivity contribution is -0.384. The number of ether oxygens (including phenoxy) is 1. The predicted molar refractivity (Wildman–Crippen MR) is 66.4 cm³/mol. The van der Waals surface area contributed by atoms with Crippen LogP contribution in [-0.4, -0.2) is 47.5 Å². The van der Waals surface area contributed by atoms with E-state index in [1.165, 1.54) is 25.3 Å². The van der Waals surface area contributed by atoms with Gasteiger partial charge in [0.1, 0.15) is 5.69 Å². The molecule has 3 N–H and O–H groups in total. The number of methoxy groups -OCH3 is 1. The van der Waals surface area contributed by atoms with Crippen LogP contribution in [-0.2, 0) is 4.74 Å². The minimum Gasteiger partial charge on any atom is -0.478 e. The van der Waals surface area contributed by atoms with Crippen LogP contribution in [0, 0.1) is 10.1 Å². The zero-order valence-electron chi connectivity index (χ0n) is 10.2. The van der Waals surface area contributed by atoms with E-state index in [2.05, 4.69) is 5.32 Å². The van der Waals surface area contributed by atoms with Crippen LogP contribution in [0.2, 0.25) is 0 Å². The van der Waals surface area contributed by atoms with Crippen molar-refractivity contribution in [3.63, 3.8) is 0 Å². The van der Waals surface area contributed by atoms with Crippen molar-refractivity contribution in [1.29, 1.82) is 0 Å². The zero-order chi connectivity index (χ0) is 14.4. The summed E-state index contributed by atoms with van der Waals surface area (Å²) in [6.45, 7) is -0.263. The number of hydrogen-bond donors (Lipinski definition) is 3. The minimum atomic E-state index is -1.29. The molecule has 19 heavy (non-hydrogen) atoms. The van der Waals surface area contributed by atoms with E-state index in [1.807, 2.05) is 0 Å². The standard InChI is InChI=1S/C11H14N2O6/c1-19-6-7(5-14)12-10-8(11(15)16)3-2-4-9(10)13(17)18/h2-4,7,12,14H,5-6H2,1H3,(H,15,16). The Bertz CT molecular complexity index is 444. The van der Waals surface area contributed by atoms with E-state index in [4.69, 9.17) is 14.9 Å². The van der Waals surface area contributed by atoms with Crippen LogP contribution < -0.4 is 5.32 Å². The number of nitro benzene ring substituents is 1. The van der Waals surface area contributed by atoms with E-state index in [-0.39, 0.29) is 30.2 Å². The molecule has 8 nitrogen and oxygen atoms in total. The number of para-hydroxylation sites is 1. The monoisotopic (exact) mass is 270 g/mol. The molecule has 1 aromatic carbocycles. The highest BCUT2D eigenvalue weighted by atomic mass is 16.6. The van der Waals surface area contributed by atoms with E-state index in [0.717, 1.165) is 0 Å². The van der Waals surface area contributed by atoms with Crippen LogP contribution in [0.4, 0.5) is 11.4 Å². The van der Waals surface area contributed by atoms with Crippen molar-refractivity contribution < 1.29 is 24.7 Å². The number of anilines is 1. The number of nitrogens with zero attached hydrogens (tertiary/aromatic N) is 1. The first-order valence-electron chi connectivity index (χ1n) is 5.38. The van der Waals surface area contributed by atoms with Gasteiger partial charge in [-0.1, -0.05) is 6.07 Å². The lowest BCUT2D eigenvalue weighted by Gasteiger charge is -2.17. The summed E-state index contributed by atoms with van der Waals surface area (Å²) in [4.78, 5) is 21.3. The molecule has 1 unspecified atom stereocenters. The summed E-state index contributed by atoms with van der Waals surface area (Å²) in [5.74, 6) is -1.29. The van der Waals surface area contributed by atoms with Gasteiger partial charge in [0.05, 0.1) is 29.7 Å². The van der Waals surface area contributed by atoms with E-state index < -0.39 is 16.9 Å². The average molecular weight is 270 g/mol. The molecule has 0 saturated carbocycles. The van der Waals surface area contributed by atoms with Gasteiger partial charge in [-0.3, -0.25) is 10.1 Å². The van der Waals surface area contributed by atoms with Gasteiger partial charge >= 0.3 is 5.97 Å². The Morgan fingerprint density at radius 2 is 2.26 bits per heavy atom. The Balaban J connectivity index is 3.20. The van der Waals surface area contributed by atoms with Crippen molar-refractivity contribution in [3.8, 4) is 0 Å². The fourth-order valence-corrected chi connectivity index (χ4v) is 1.57. The highest BCUT2D eigenvalue weighted by molar-refractivity contribution is 5.96. The molecule has 0 aliphatic carbocycles. The van der Waals surface area contributed by atoms with E-state index in [1.54, 1.807) is 0 Å². The molecule has 1 rings (SSSR count). The minimum absolute atomic E-state index is 0.0849. The van der Waals surface area contributed by atoms with Crippen LogP contribution >= 0.6 is 0 Å². The Morgan fingerprint density at radius 1 is 1.58 bits per heavy atom. The molecule has 0 heterocycles. The summed E-state index contributed by atoms with van der Waals surface area (Å²) in [6, 6.07) is 3.09. The molecule has 1 aromatic rings. The Labute approximate surface area is 108 Å². The maximum Gasteiger partial charge on any atom is 0.338 e. The van der Waals surface area contributed by atoms with Gasteiger partial charge in [0.15, 0.2) is 0 Å². The largest absolute Gasteiger partial charge is 0.478 e. The van der Waals surface area contributed by atoms with Gasteiger partial charge in [-0.05, 0) is 6.07 Å². The second-order valence-corrected chi connectivity index (χ2v) is 3.74. The third-order valence-corrected chi connectivity index (χ3v) is 2.41. The number of rotatable bonds is 7. The Kier molecular flexibility index (Phi) is 5.22. The van der Waals surface area contributed by atoms with Crippen molar-refractivity contribution in [3.05, 3.63) is 33.9 Å². The maximum atomic E-state index is 11.1. The summed E-state index contributed by atoms with van der Waals surface area (Å²) >= 11 is 0. The van der Waals surface area contributed by atoms with Crippen LogP contribution in [0.5, 0.6) is 0 Å². The third-order valence-electron chi connectivity index (χ3n) is 2.41. The Morgan fingerprint density at radius 3 is 2.74 bits per heavy atom. The predicted octanol–water partition coefficient (Wildman–Crippen LogP) is 0.712. The van der Waals surface area contributed by atoms with Gasteiger partial charge in [0.25, 0.3) is 5.69 Å². The molecule has 0 aliphatic rings. The normalized spacial score (nSPS) is 11.9. The number of nitrogens with one attached hydrogen (secondary N) is 1. The van der Waals surface area contributed by atoms with Crippen molar-refractivity contribution in [1.82, 2.24) is 0 Å². The fourth-order valence-electron chi connectivity index (χ4n) is 1.57. The van der Waals surface area contributed by atoms with E-state index >= 15 is 0 Å². The molecule has 0 spiro atoms. The number of carboxylic acids is 1. The number of hydrogen-bond acceptors (Lipinski definition) is 6.